The van der Waals surface area contributed by atoms with Gasteiger partial charge in [0.05, 0.1) is 36.2 Å². The fourth-order valence-electron chi connectivity index (χ4n) is 4.62. The number of nitrogens with zero attached hydrogens (tertiary/aromatic N) is 8. The molecule has 12 heteroatoms. The molecule has 3 aromatic heterocycles. The van der Waals surface area contributed by atoms with Crippen LogP contribution < -0.4 is 15.0 Å². The molecule has 0 bridgehead atoms. The molecular weight excluding hydrogens is 501 g/mol. The van der Waals surface area contributed by atoms with Gasteiger partial charge in [0.1, 0.15) is 18.2 Å². The van der Waals surface area contributed by atoms with Gasteiger partial charge in [-0.3, -0.25) is 4.79 Å². The zero-order valence-corrected chi connectivity index (χ0v) is 21.9. The van der Waals surface area contributed by atoms with E-state index in [0.717, 1.165) is 12.1 Å². The van der Waals surface area contributed by atoms with Gasteiger partial charge in [0.15, 0.2) is 5.65 Å². The van der Waals surface area contributed by atoms with E-state index < -0.39 is 12.7 Å². The zero-order valence-electron chi connectivity index (χ0n) is 21.9. The van der Waals surface area contributed by atoms with Gasteiger partial charge in [-0.2, -0.15) is 19.9 Å². The van der Waals surface area contributed by atoms with E-state index in [2.05, 4.69) is 31.2 Å². The maximum atomic E-state index is 14.2. The van der Waals surface area contributed by atoms with Crippen LogP contribution in [0.25, 0.3) is 16.9 Å². The third-order valence-corrected chi connectivity index (χ3v) is 6.75. The number of carbonyl (C=O) groups is 1. The Bertz CT molecular complexity index is 1550. The van der Waals surface area contributed by atoms with Crippen LogP contribution in [-0.4, -0.2) is 81.9 Å². The highest BCUT2D eigenvalue weighted by Crippen LogP contribution is 2.27. The number of hydrogen-bond acceptors (Lipinski definition) is 9. The molecule has 1 atom stereocenters. The number of hydrogen-bond donors (Lipinski definition) is 1. The molecule has 200 valence electrons. The summed E-state index contributed by atoms with van der Waals surface area (Å²) in [4.78, 5) is 30.4. The molecule has 1 aliphatic rings. The van der Waals surface area contributed by atoms with Crippen LogP contribution in [-0.2, 0) is 6.54 Å². The SMILES string of the molecule is COc1ncc(-c2cc3nc(C(=O)NCc4ccc(C#N)cc4)cc(N4CCN(C)C[C@H]4CF)n3n2)c(C)n1. The molecule has 1 saturated heterocycles. The number of amides is 1. The van der Waals surface area contributed by atoms with Gasteiger partial charge < -0.3 is 19.9 Å². The van der Waals surface area contributed by atoms with Crippen molar-refractivity contribution >= 4 is 17.4 Å². The molecular formula is C27H28FN9O2. The van der Waals surface area contributed by atoms with Crippen LogP contribution in [0.5, 0.6) is 6.01 Å². The van der Waals surface area contributed by atoms with E-state index in [1.807, 2.05) is 18.9 Å². The summed E-state index contributed by atoms with van der Waals surface area (Å²) in [5, 5.41) is 16.7. The highest BCUT2D eigenvalue weighted by Gasteiger charge is 2.29. The van der Waals surface area contributed by atoms with Crippen molar-refractivity contribution < 1.29 is 13.9 Å². The minimum absolute atomic E-state index is 0.192. The predicted molar refractivity (Wildman–Crippen MR) is 142 cm³/mol. The second-order valence-electron chi connectivity index (χ2n) is 9.41. The second-order valence-corrected chi connectivity index (χ2v) is 9.41. The van der Waals surface area contributed by atoms with E-state index >= 15 is 0 Å². The molecule has 4 heterocycles. The number of piperazine rings is 1. The van der Waals surface area contributed by atoms with Gasteiger partial charge in [0.2, 0.25) is 0 Å². The number of alkyl halides is 1. The van der Waals surface area contributed by atoms with Crippen molar-refractivity contribution in [2.75, 3.05) is 45.4 Å². The number of fused-ring (bicyclic) bond motifs is 1. The van der Waals surface area contributed by atoms with Crippen LogP contribution in [0.1, 0.15) is 27.3 Å². The third kappa shape index (κ3) is 5.35. The summed E-state index contributed by atoms with van der Waals surface area (Å²) in [5.41, 5.74) is 3.97. The molecule has 1 amide bonds. The summed E-state index contributed by atoms with van der Waals surface area (Å²) in [7, 11) is 3.46. The molecule has 39 heavy (non-hydrogen) atoms. The molecule has 4 aromatic rings. The van der Waals surface area contributed by atoms with E-state index in [1.54, 1.807) is 47.1 Å². The number of benzene rings is 1. The molecule has 0 spiro atoms. The Hall–Kier alpha value is -4.63. The number of carbonyl (C=O) groups excluding carboxylic acids is 1. The van der Waals surface area contributed by atoms with Gasteiger partial charge in [0.25, 0.3) is 5.91 Å². The maximum Gasteiger partial charge on any atom is 0.316 e. The molecule has 0 aliphatic carbocycles. The number of nitrogens with one attached hydrogen (secondary N) is 1. The van der Waals surface area contributed by atoms with Crippen molar-refractivity contribution in [2.45, 2.75) is 19.5 Å². The van der Waals surface area contributed by atoms with Crippen molar-refractivity contribution in [1.29, 1.82) is 5.26 Å². The van der Waals surface area contributed by atoms with Crippen molar-refractivity contribution in [3.63, 3.8) is 0 Å². The molecule has 1 aromatic carbocycles. The summed E-state index contributed by atoms with van der Waals surface area (Å²) in [6, 6.07) is 12.3. The van der Waals surface area contributed by atoms with Gasteiger partial charge in [0, 0.05) is 50.1 Å². The molecule has 11 nitrogen and oxygen atoms in total. The molecule has 1 fully saturated rings. The van der Waals surface area contributed by atoms with Crippen LogP contribution in [0.2, 0.25) is 0 Å². The number of anilines is 1. The minimum Gasteiger partial charge on any atom is -0.467 e. The van der Waals surface area contributed by atoms with E-state index in [9.17, 15) is 9.18 Å². The van der Waals surface area contributed by atoms with Crippen molar-refractivity contribution in [1.82, 2.24) is 34.8 Å². The van der Waals surface area contributed by atoms with Crippen molar-refractivity contribution in [3.8, 4) is 23.3 Å². The van der Waals surface area contributed by atoms with Gasteiger partial charge in [-0.05, 0) is 31.7 Å². The van der Waals surface area contributed by atoms with Crippen LogP contribution >= 0.6 is 0 Å². The van der Waals surface area contributed by atoms with E-state index in [-0.39, 0.29) is 24.2 Å². The van der Waals surface area contributed by atoms with Gasteiger partial charge in [-0.15, -0.1) is 0 Å². The average Bonchev–Trinajstić information content (AvgIpc) is 3.39. The monoisotopic (exact) mass is 529 g/mol. The lowest BCUT2D eigenvalue weighted by atomic mass is 10.1. The lowest BCUT2D eigenvalue weighted by molar-refractivity contribution is 0.0946. The van der Waals surface area contributed by atoms with Crippen LogP contribution in [0.4, 0.5) is 10.2 Å². The number of aryl methyl sites for hydroxylation is 1. The topological polar surface area (TPSA) is 125 Å². The van der Waals surface area contributed by atoms with Crippen molar-refractivity contribution in [3.05, 3.63) is 65.1 Å². The molecule has 0 radical (unpaired) electrons. The number of aromatic nitrogens is 5. The molecule has 1 N–H and O–H groups in total. The number of ether oxygens (including phenoxy) is 1. The Balaban J connectivity index is 1.53. The number of halogens is 1. The Morgan fingerprint density at radius 3 is 2.72 bits per heavy atom. The number of methoxy groups -OCH3 is 1. The van der Waals surface area contributed by atoms with Crippen LogP contribution in [0, 0.1) is 18.3 Å². The standard InChI is InChI=1S/C27H28FN9O2/c1-17-21(15-31-27(32-17)39-3)22-10-24-33-23(26(38)30-14-19-6-4-18(13-29)5-7-19)11-25(37(24)34-22)36-9-8-35(2)16-20(36)12-28/h4-7,10-11,15,20H,8-9,12,14,16H2,1-3H3,(H,30,38)/t20-/m1/s1. The minimum atomic E-state index is -0.548. The summed E-state index contributed by atoms with van der Waals surface area (Å²) >= 11 is 0. The fourth-order valence-corrected chi connectivity index (χ4v) is 4.62. The van der Waals surface area contributed by atoms with Crippen LogP contribution in [0.3, 0.4) is 0 Å². The third-order valence-electron chi connectivity index (χ3n) is 6.75. The largest absolute Gasteiger partial charge is 0.467 e. The molecule has 5 rings (SSSR count). The highest BCUT2D eigenvalue weighted by molar-refractivity contribution is 5.93. The van der Waals surface area contributed by atoms with Gasteiger partial charge in [-0.25, -0.2) is 14.4 Å². The maximum absolute atomic E-state index is 14.2. The van der Waals surface area contributed by atoms with Crippen molar-refractivity contribution in [2.24, 2.45) is 0 Å². The fraction of sp³-hybridized carbons (Fsp3) is 0.333. The smallest absolute Gasteiger partial charge is 0.316 e. The Morgan fingerprint density at radius 2 is 2.03 bits per heavy atom. The zero-order chi connectivity index (χ0) is 27.5. The molecule has 0 saturated carbocycles. The number of likely N-dealkylation sites (N-methyl/N-ethyl adjacent to an activating group) is 1. The number of nitriles is 1. The van der Waals surface area contributed by atoms with Gasteiger partial charge in [-0.1, -0.05) is 12.1 Å². The highest BCUT2D eigenvalue weighted by atomic mass is 19.1. The summed E-state index contributed by atoms with van der Waals surface area (Å²) in [6.45, 7) is 3.39. The normalized spacial score (nSPS) is 15.8. The molecule has 1 aliphatic heterocycles. The summed E-state index contributed by atoms with van der Waals surface area (Å²) in [6.07, 6.45) is 1.63. The summed E-state index contributed by atoms with van der Waals surface area (Å²) in [5.74, 6) is 0.207. The first kappa shape index (κ1) is 26.0. The number of rotatable bonds is 7. The Morgan fingerprint density at radius 1 is 1.23 bits per heavy atom. The average molecular weight is 530 g/mol. The second kappa shape index (κ2) is 11.0. The first-order valence-corrected chi connectivity index (χ1v) is 12.5. The van der Waals surface area contributed by atoms with E-state index in [1.165, 1.54) is 7.11 Å². The lowest BCUT2D eigenvalue weighted by Gasteiger charge is -2.40. The predicted octanol–water partition coefficient (Wildman–Crippen LogP) is 2.39. The summed E-state index contributed by atoms with van der Waals surface area (Å²) < 4.78 is 20.9. The lowest BCUT2D eigenvalue weighted by Crippen LogP contribution is -2.53. The van der Waals surface area contributed by atoms with E-state index in [4.69, 9.17) is 15.1 Å². The quantitative estimate of drug-likeness (QED) is 0.384. The van der Waals surface area contributed by atoms with Gasteiger partial charge >= 0.3 is 6.01 Å². The van der Waals surface area contributed by atoms with E-state index in [0.29, 0.717) is 47.1 Å². The molecule has 0 unspecified atom stereocenters. The Kier molecular flexibility index (Phi) is 7.33. The first-order valence-electron chi connectivity index (χ1n) is 12.5. The van der Waals surface area contributed by atoms with Crippen LogP contribution in [0.15, 0.2) is 42.6 Å². The Labute approximate surface area is 224 Å². The first-order chi connectivity index (χ1) is 18.9.